The highest BCUT2D eigenvalue weighted by molar-refractivity contribution is 7.99. The van der Waals surface area contributed by atoms with E-state index in [1.807, 2.05) is 45.0 Å². The van der Waals surface area contributed by atoms with Gasteiger partial charge in [-0.15, -0.1) is 0 Å². The molecular formula is C22H31NO5S. The molecule has 29 heavy (non-hydrogen) atoms. The van der Waals surface area contributed by atoms with Gasteiger partial charge in [-0.25, -0.2) is 9.59 Å². The number of carbonyl (C=O) groups excluding carboxylic acids is 2. The molecule has 1 aliphatic rings. The first-order valence-corrected chi connectivity index (χ1v) is 10.9. The summed E-state index contributed by atoms with van der Waals surface area (Å²) in [6.45, 7) is 8.21. The van der Waals surface area contributed by atoms with E-state index in [1.165, 1.54) is 11.6 Å². The number of hydrogen-bond acceptors (Lipinski definition) is 6. The Morgan fingerprint density at radius 1 is 1.24 bits per heavy atom. The molecule has 1 aliphatic heterocycles. The average molecular weight is 422 g/mol. The molecule has 0 spiro atoms. The van der Waals surface area contributed by atoms with Gasteiger partial charge >= 0.3 is 12.1 Å². The molecule has 6 nitrogen and oxygen atoms in total. The lowest BCUT2D eigenvalue weighted by atomic mass is 10.2. The summed E-state index contributed by atoms with van der Waals surface area (Å²) in [6.07, 6.45) is 3.55. The fourth-order valence-electron chi connectivity index (χ4n) is 2.98. The Bertz CT molecular complexity index is 711. The summed E-state index contributed by atoms with van der Waals surface area (Å²) in [4.78, 5) is 26.1. The van der Waals surface area contributed by atoms with E-state index < -0.39 is 11.6 Å². The summed E-state index contributed by atoms with van der Waals surface area (Å²) < 4.78 is 15.7. The summed E-state index contributed by atoms with van der Waals surface area (Å²) in [5, 5.41) is 0.251. The van der Waals surface area contributed by atoms with Gasteiger partial charge in [0.25, 0.3) is 0 Å². The highest BCUT2D eigenvalue weighted by Gasteiger charge is 2.36. The Hall–Kier alpha value is -2.15. The van der Waals surface area contributed by atoms with Crippen molar-refractivity contribution in [1.29, 1.82) is 0 Å². The van der Waals surface area contributed by atoms with Gasteiger partial charge in [0, 0.05) is 23.6 Å². The maximum Gasteiger partial charge on any atom is 0.410 e. The molecule has 0 aliphatic carbocycles. The molecule has 0 N–H and O–H groups in total. The van der Waals surface area contributed by atoms with Crippen LogP contribution in [0.2, 0.25) is 0 Å². The zero-order valence-electron chi connectivity index (χ0n) is 17.8. The van der Waals surface area contributed by atoms with Gasteiger partial charge < -0.3 is 19.1 Å². The summed E-state index contributed by atoms with van der Waals surface area (Å²) in [6, 6.07) is 7.79. The maximum absolute atomic E-state index is 12.7. The third kappa shape index (κ3) is 7.65. The van der Waals surface area contributed by atoms with Gasteiger partial charge in [-0.3, -0.25) is 0 Å². The van der Waals surface area contributed by atoms with Crippen LogP contribution in [0.15, 0.2) is 36.4 Å². The van der Waals surface area contributed by atoms with Crippen molar-refractivity contribution in [2.45, 2.75) is 56.8 Å². The van der Waals surface area contributed by atoms with Crippen LogP contribution < -0.4 is 4.74 Å². The molecule has 0 saturated carbocycles. The second-order valence-electron chi connectivity index (χ2n) is 7.83. The van der Waals surface area contributed by atoms with Crippen molar-refractivity contribution < 1.29 is 23.8 Å². The van der Waals surface area contributed by atoms with E-state index in [1.54, 1.807) is 36.8 Å². The Kier molecular flexibility index (Phi) is 8.44. The number of carbonyl (C=O) groups is 2. The van der Waals surface area contributed by atoms with Crippen LogP contribution in [0.1, 0.15) is 39.7 Å². The fourth-order valence-corrected chi connectivity index (χ4v) is 4.20. The number of hydrogen-bond donors (Lipinski definition) is 0. The molecule has 7 heteroatoms. The maximum atomic E-state index is 12.7. The second-order valence-corrected chi connectivity index (χ2v) is 9.12. The van der Waals surface area contributed by atoms with Crippen LogP contribution in [0, 0.1) is 0 Å². The summed E-state index contributed by atoms with van der Waals surface area (Å²) in [5.41, 5.74) is 0.631. The van der Waals surface area contributed by atoms with Crippen molar-refractivity contribution in [2.24, 2.45) is 0 Å². The number of esters is 1. The predicted octanol–water partition coefficient (Wildman–Crippen LogP) is 4.43. The summed E-state index contributed by atoms with van der Waals surface area (Å²) in [5.74, 6) is 1.27. The lowest BCUT2D eigenvalue weighted by Gasteiger charge is -2.27. The van der Waals surface area contributed by atoms with Crippen LogP contribution in [-0.2, 0) is 20.0 Å². The molecule has 1 fully saturated rings. The molecule has 1 amide bonds. The van der Waals surface area contributed by atoms with Gasteiger partial charge in [-0.2, -0.15) is 11.8 Å². The standard InChI is InChI=1S/C22H31NO5S/c1-6-27-20(24)12-9-17-13-19(14-23(17)21(25)28-22(2,3)4)29-15-16-7-10-18(26-5)11-8-16/h7-12,17,19H,6,13-15H2,1-5H3/b12-9-/t17-,19-/m1/s1. The van der Waals surface area contributed by atoms with E-state index >= 15 is 0 Å². The number of ether oxygens (including phenoxy) is 3. The third-order valence-corrected chi connectivity index (χ3v) is 5.63. The third-order valence-electron chi connectivity index (χ3n) is 4.32. The number of nitrogens with zero attached hydrogens (tertiary/aromatic N) is 1. The van der Waals surface area contributed by atoms with E-state index in [2.05, 4.69) is 0 Å². The number of amides is 1. The molecule has 0 unspecified atom stereocenters. The molecule has 2 atom stereocenters. The van der Waals surface area contributed by atoms with E-state index in [0.29, 0.717) is 13.2 Å². The van der Waals surface area contributed by atoms with E-state index in [4.69, 9.17) is 14.2 Å². The van der Waals surface area contributed by atoms with Crippen molar-refractivity contribution in [3.63, 3.8) is 0 Å². The van der Waals surface area contributed by atoms with Crippen molar-refractivity contribution >= 4 is 23.8 Å². The largest absolute Gasteiger partial charge is 0.497 e. The second kappa shape index (κ2) is 10.6. The smallest absolute Gasteiger partial charge is 0.410 e. The van der Waals surface area contributed by atoms with Gasteiger partial charge in [0.2, 0.25) is 0 Å². The molecule has 1 aromatic rings. The summed E-state index contributed by atoms with van der Waals surface area (Å²) >= 11 is 1.80. The van der Waals surface area contributed by atoms with Crippen LogP contribution in [0.5, 0.6) is 5.75 Å². The fraction of sp³-hybridized carbons (Fsp3) is 0.545. The first-order valence-electron chi connectivity index (χ1n) is 9.81. The number of methoxy groups -OCH3 is 1. The zero-order valence-corrected chi connectivity index (χ0v) is 18.7. The number of likely N-dealkylation sites (tertiary alicyclic amines) is 1. The van der Waals surface area contributed by atoms with Gasteiger partial charge in [-0.1, -0.05) is 18.2 Å². The monoisotopic (exact) mass is 421 g/mol. The summed E-state index contributed by atoms with van der Waals surface area (Å²) in [7, 11) is 1.65. The van der Waals surface area contributed by atoms with E-state index in [0.717, 1.165) is 17.9 Å². The van der Waals surface area contributed by atoms with Crippen molar-refractivity contribution in [3.05, 3.63) is 42.0 Å². The lowest BCUT2D eigenvalue weighted by Crippen LogP contribution is -2.39. The minimum atomic E-state index is -0.569. The Balaban J connectivity index is 2.02. The highest BCUT2D eigenvalue weighted by Crippen LogP contribution is 2.32. The van der Waals surface area contributed by atoms with Crippen molar-refractivity contribution in [2.75, 3.05) is 20.3 Å². The van der Waals surface area contributed by atoms with E-state index in [9.17, 15) is 9.59 Å². The van der Waals surface area contributed by atoms with Crippen molar-refractivity contribution in [1.82, 2.24) is 4.90 Å². The zero-order chi connectivity index (χ0) is 21.4. The first kappa shape index (κ1) is 23.1. The quantitative estimate of drug-likeness (QED) is 0.479. The molecule has 0 bridgehead atoms. The minimum absolute atomic E-state index is 0.192. The molecule has 160 valence electrons. The van der Waals surface area contributed by atoms with Crippen LogP contribution in [0.25, 0.3) is 0 Å². The number of thioether (sulfide) groups is 1. The first-order chi connectivity index (χ1) is 13.7. The Labute approximate surface area is 177 Å². The van der Waals surface area contributed by atoms with Gasteiger partial charge in [0.15, 0.2) is 0 Å². The minimum Gasteiger partial charge on any atom is -0.497 e. The lowest BCUT2D eigenvalue weighted by molar-refractivity contribution is -0.137. The normalized spacial score (nSPS) is 19.4. The van der Waals surface area contributed by atoms with Gasteiger partial charge in [0.05, 0.1) is 19.8 Å². The van der Waals surface area contributed by atoms with Crippen LogP contribution >= 0.6 is 11.8 Å². The molecular weight excluding hydrogens is 390 g/mol. The number of benzene rings is 1. The van der Waals surface area contributed by atoms with Crippen LogP contribution in [0.4, 0.5) is 4.79 Å². The molecule has 1 saturated heterocycles. The van der Waals surface area contributed by atoms with Gasteiger partial charge in [0.1, 0.15) is 11.4 Å². The Morgan fingerprint density at radius 2 is 1.93 bits per heavy atom. The van der Waals surface area contributed by atoms with Crippen molar-refractivity contribution in [3.8, 4) is 5.75 Å². The SMILES string of the molecule is CCOC(=O)/C=C\[C@@H]1C[C@@H](SCc2ccc(OC)cc2)CN1C(=O)OC(C)(C)C. The predicted molar refractivity (Wildman–Crippen MR) is 115 cm³/mol. The number of rotatable bonds is 7. The van der Waals surface area contributed by atoms with Crippen LogP contribution in [0.3, 0.4) is 0 Å². The topological polar surface area (TPSA) is 65.1 Å². The average Bonchev–Trinajstić information content (AvgIpc) is 3.07. The van der Waals surface area contributed by atoms with E-state index in [-0.39, 0.29) is 17.4 Å². The molecule has 0 radical (unpaired) electrons. The molecule has 1 heterocycles. The molecule has 1 aromatic carbocycles. The van der Waals surface area contributed by atoms with Gasteiger partial charge in [-0.05, 0) is 51.8 Å². The van der Waals surface area contributed by atoms with Crippen LogP contribution in [-0.4, -0.2) is 54.1 Å². The highest BCUT2D eigenvalue weighted by atomic mass is 32.2. The molecule has 2 rings (SSSR count). The molecule has 0 aromatic heterocycles. The Morgan fingerprint density at radius 3 is 2.52 bits per heavy atom.